The summed E-state index contributed by atoms with van der Waals surface area (Å²) in [6.07, 6.45) is 1.76. The molecule has 0 saturated carbocycles. The first-order valence-electron chi connectivity index (χ1n) is 6.35. The van der Waals surface area contributed by atoms with Crippen molar-refractivity contribution in [2.75, 3.05) is 0 Å². The van der Waals surface area contributed by atoms with Gasteiger partial charge < -0.3 is 4.74 Å². The van der Waals surface area contributed by atoms with Crippen LogP contribution < -0.4 is 4.74 Å². The van der Waals surface area contributed by atoms with Gasteiger partial charge in [0.05, 0.1) is 1.37 Å². The van der Waals surface area contributed by atoms with Gasteiger partial charge in [0.15, 0.2) is 0 Å². The summed E-state index contributed by atoms with van der Waals surface area (Å²) in [4.78, 5) is 0. The first-order valence-corrected chi connectivity index (χ1v) is 5.85. The summed E-state index contributed by atoms with van der Waals surface area (Å²) in [5.74, 6) is 0.826. The van der Waals surface area contributed by atoms with Crippen LogP contribution in [0.1, 0.15) is 18.1 Å². The minimum Gasteiger partial charge on any atom is -0.485 e. The van der Waals surface area contributed by atoms with Crippen LogP contribution in [0.25, 0.3) is 11.6 Å². The Hall–Kier alpha value is -2.02. The van der Waals surface area contributed by atoms with E-state index >= 15 is 0 Å². The van der Waals surface area contributed by atoms with E-state index in [1.54, 1.807) is 0 Å². The van der Waals surface area contributed by atoms with Gasteiger partial charge in [-0.05, 0) is 23.3 Å². The van der Waals surface area contributed by atoms with Gasteiger partial charge in [0, 0.05) is 17.6 Å². The van der Waals surface area contributed by atoms with Crippen molar-refractivity contribution >= 4 is 11.6 Å². The van der Waals surface area contributed by atoms with Gasteiger partial charge in [-0.15, -0.1) is 0 Å². The molecule has 1 aliphatic carbocycles. The molecule has 2 aliphatic rings. The predicted molar refractivity (Wildman–Crippen MR) is 68.9 cm³/mol. The third-order valence-electron chi connectivity index (χ3n) is 3.42. The van der Waals surface area contributed by atoms with Crippen molar-refractivity contribution in [2.45, 2.75) is 12.5 Å². The molecule has 1 aliphatic heterocycles. The van der Waals surface area contributed by atoms with E-state index in [2.05, 4.69) is 18.2 Å². The Balaban J connectivity index is 1.97. The fourth-order valence-corrected chi connectivity index (χ4v) is 2.57. The predicted octanol–water partition coefficient (Wildman–Crippen LogP) is 3.54. The molecule has 1 unspecified atom stereocenters. The Morgan fingerprint density at radius 2 is 1.88 bits per heavy atom. The van der Waals surface area contributed by atoms with Crippen molar-refractivity contribution in [3.05, 3.63) is 65.2 Å². The average Bonchev–Trinajstić information content (AvgIpc) is 2.67. The normalized spacial score (nSPS) is 24.9. The molecule has 82 valence electrons. The van der Waals surface area contributed by atoms with Gasteiger partial charge in [-0.1, -0.05) is 42.5 Å². The van der Waals surface area contributed by atoms with Crippen molar-refractivity contribution in [3.63, 3.8) is 0 Å². The van der Waals surface area contributed by atoms with Crippen LogP contribution in [-0.4, -0.2) is 6.08 Å². The van der Waals surface area contributed by atoms with Gasteiger partial charge in [-0.3, -0.25) is 0 Å². The van der Waals surface area contributed by atoms with Gasteiger partial charge >= 0.3 is 0 Å². The van der Waals surface area contributed by atoms with Crippen LogP contribution in [0.4, 0.5) is 0 Å². The molecule has 2 aromatic rings. The molecule has 0 N–H and O–H groups in total. The molecule has 0 spiro atoms. The van der Waals surface area contributed by atoms with Crippen LogP contribution in [0.2, 0.25) is 0 Å². The first-order chi connectivity index (χ1) is 8.76. The quantitative estimate of drug-likeness (QED) is 0.661. The third kappa shape index (κ3) is 1.26. The van der Waals surface area contributed by atoms with Gasteiger partial charge in [0.1, 0.15) is 11.8 Å². The van der Waals surface area contributed by atoms with Crippen molar-refractivity contribution in [1.29, 1.82) is 0 Å². The molecule has 0 saturated heterocycles. The summed E-state index contributed by atoms with van der Waals surface area (Å²) in [5.41, 5.74) is 4.43. The van der Waals surface area contributed by atoms with Crippen molar-refractivity contribution in [3.8, 4) is 5.75 Å². The lowest BCUT2D eigenvalue weighted by atomic mass is 9.88. The van der Waals surface area contributed by atoms with Gasteiger partial charge in [0.25, 0.3) is 0 Å². The highest BCUT2D eigenvalue weighted by atomic mass is 16.5. The number of para-hydroxylation sites is 1. The smallest absolute Gasteiger partial charge is 0.129 e. The van der Waals surface area contributed by atoms with Crippen LogP contribution in [0.5, 0.6) is 5.75 Å². The van der Waals surface area contributed by atoms with Crippen molar-refractivity contribution in [1.82, 2.24) is 0 Å². The molecular formula is C16H12O. The molecule has 0 bridgehead atoms. The molecule has 0 amide bonds. The van der Waals surface area contributed by atoms with Crippen LogP contribution >= 0.6 is 0 Å². The lowest BCUT2D eigenvalue weighted by molar-refractivity contribution is 0.276. The molecule has 0 aromatic heterocycles. The minimum absolute atomic E-state index is 0.615. The fraction of sp³-hybridized carbons (Fsp3) is 0.125. The zero-order chi connectivity index (χ0) is 12.2. The first kappa shape index (κ1) is 8.13. The summed E-state index contributed by atoms with van der Waals surface area (Å²) >= 11 is 0. The SMILES string of the molecule is [2H]C12Cc3ccccc3C=C1c1ccccc1O2. The summed E-state index contributed by atoms with van der Waals surface area (Å²) in [7, 11) is 0. The van der Waals surface area contributed by atoms with Crippen LogP contribution in [-0.2, 0) is 6.42 Å². The van der Waals surface area contributed by atoms with E-state index in [0.717, 1.165) is 16.9 Å². The van der Waals surface area contributed by atoms with E-state index in [9.17, 15) is 0 Å². The molecule has 4 rings (SSSR count). The van der Waals surface area contributed by atoms with Gasteiger partial charge in [0.2, 0.25) is 0 Å². The summed E-state index contributed by atoms with van der Waals surface area (Å²) in [6.45, 7) is 0. The molecule has 1 heterocycles. The Morgan fingerprint density at radius 1 is 1.06 bits per heavy atom. The Labute approximate surface area is 102 Å². The van der Waals surface area contributed by atoms with E-state index < -0.39 is 6.08 Å². The molecule has 0 radical (unpaired) electrons. The minimum atomic E-state index is -0.946. The lowest BCUT2D eigenvalue weighted by Crippen LogP contribution is -2.19. The fourth-order valence-electron chi connectivity index (χ4n) is 2.57. The number of hydrogen-bond acceptors (Lipinski definition) is 1. The summed E-state index contributed by atoms with van der Waals surface area (Å²) in [5, 5.41) is 0. The van der Waals surface area contributed by atoms with E-state index in [0.29, 0.717) is 6.42 Å². The largest absolute Gasteiger partial charge is 0.485 e. The molecule has 17 heavy (non-hydrogen) atoms. The second kappa shape index (κ2) is 3.24. The zero-order valence-electron chi connectivity index (χ0n) is 10.3. The molecule has 1 nitrogen and oxygen atoms in total. The number of ether oxygens (including phenoxy) is 1. The van der Waals surface area contributed by atoms with Gasteiger partial charge in [-0.2, -0.15) is 0 Å². The Bertz CT molecular complexity index is 668. The molecule has 0 fully saturated rings. The van der Waals surface area contributed by atoms with E-state index in [1.807, 2.05) is 36.4 Å². The van der Waals surface area contributed by atoms with Crippen molar-refractivity contribution < 1.29 is 6.11 Å². The number of rotatable bonds is 0. The number of benzene rings is 2. The maximum Gasteiger partial charge on any atom is 0.129 e. The second-order valence-electron chi connectivity index (χ2n) is 4.46. The standard InChI is InChI=1S/C16H12O/c1-2-6-12-10-16-14(9-11(12)5-1)13-7-3-4-8-15(13)17-16/h1-9,16H,10H2/i16D. The monoisotopic (exact) mass is 221 g/mol. The maximum absolute atomic E-state index is 8.56. The van der Waals surface area contributed by atoms with E-state index in [4.69, 9.17) is 6.11 Å². The van der Waals surface area contributed by atoms with Gasteiger partial charge in [-0.25, -0.2) is 0 Å². The van der Waals surface area contributed by atoms with E-state index in [1.165, 1.54) is 11.1 Å². The summed E-state index contributed by atoms with van der Waals surface area (Å²) < 4.78 is 14.4. The van der Waals surface area contributed by atoms with Crippen LogP contribution in [0, 0.1) is 0 Å². The Morgan fingerprint density at radius 3 is 2.88 bits per heavy atom. The zero-order valence-corrected chi connectivity index (χ0v) is 9.31. The van der Waals surface area contributed by atoms with Crippen LogP contribution in [0.3, 0.4) is 0 Å². The molecular weight excluding hydrogens is 208 g/mol. The van der Waals surface area contributed by atoms with Crippen molar-refractivity contribution in [2.24, 2.45) is 0 Å². The number of fused-ring (bicyclic) bond motifs is 4. The molecule has 2 aromatic carbocycles. The highest BCUT2D eigenvalue weighted by molar-refractivity contribution is 5.91. The van der Waals surface area contributed by atoms with E-state index in [-0.39, 0.29) is 0 Å². The lowest BCUT2D eigenvalue weighted by Gasteiger charge is -2.19. The summed E-state index contributed by atoms with van der Waals surface area (Å²) in [6, 6.07) is 16.1. The second-order valence-corrected chi connectivity index (χ2v) is 4.46. The molecule has 1 heteroatoms. The number of hydrogen-bond donors (Lipinski definition) is 0. The van der Waals surface area contributed by atoms with Crippen LogP contribution in [0.15, 0.2) is 48.5 Å². The highest BCUT2D eigenvalue weighted by Crippen LogP contribution is 2.42. The third-order valence-corrected chi connectivity index (χ3v) is 3.42. The maximum atomic E-state index is 8.56. The highest BCUT2D eigenvalue weighted by Gasteiger charge is 2.31. The topological polar surface area (TPSA) is 9.23 Å². The Kier molecular flexibility index (Phi) is 1.55. The average molecular weight is 221 g/mol. The molecule has 1 atom stereocenters.